The van der Waals surface area contributed by atoms with Gasteiger partial charge in [0.2, 0.25) is 5.13 Å². The zero-order valence-electron chi connectivity index (χ0n) is 16.5. The van der Waals surface area contributed by atoms with E-state index in [2.05, 4.69) is 35.4 Å². The predicted molar refractivity (Wildman–Crippen MR) is 118 cm³/mol. The molecular formula is C21H23N3O3S2. The van der Waals surface area contributed by atoms with Gasteiger partial charge in [-0.25, -0.2) is 0 Å². The number of rotatable bonds is 9. The van der Waals surface area contributed by atoms with Crippen molar-refractivity contribution in [1.82, 2.24) is 10.2 Å². The summed E-state index contributed by atoms with van der Waals surface area (Å²) in [5.41, 5.74) is 4.05. The zero-order chi connectivity index (χ0) is 20.8. The molecule has 152 valence electrons. The van der Waals surface area contributed by atoms with Gasteiger partial charge in [0, 0.05) is 17.0 Å². The highest BCUT2D eigenvalue weighted by atomic mass is 32.2. The van der Waals surface area contributed by atoms with Crippen molar-refractivity contribution < 1.29 is 14.6 Å². The third kappa shape index (κ3) is 6.03. The molecule has 2 aromatic carbocycles. The Morgan fingerprint density at radius 3 is 2.69 bits per heavy atom. The van der Waals surface area contributed by atoms with E-state index in [1.165, 1.54) is 41.1 Å². The standard InChI is InChI=1S/C21H23N3O3S2/c1-13-5-4-6-19(14(13)2)22-20-23-24-21(29-20)28-12-17(26)11-27-18-9-7-16(8-10-18)15(3)25/h4-10,17,26H,11-12H2,1-3H3,(H,22,23)/t17-/m1/s1. The highest BCUT2D eigenvalue weighted by molar-refractivity contribution is 8.01. The van der Waals surface area contributed by atoms with E-state index in [1.54, 1.807) is 24.3 Å². The van der Waals surface area contributed by atoms with Crippen molar-refractivity contribution in [2.75, 3.05) is 17.7 Å². The van der Waals surface area contributed by atoms with Crippen LogP contribution in [0.5, 0.6) is 5.75 Å². The monoisotopic (exact) mass is 429 g/mol. The maximum atomic E-state index is 11.3. The summed E-state index contributed by atoms with van der Waals surface area (Å²) >= 11 is 2.89. The Bertz CT molecular complexity index is 974. The molecule has 3 aromatic rings. The lowest BCUT2D eigenvalue weighted by Gasteiger charge is -2.11. The molecule has 0 aliphatic heterocycles. The number of hydrogen-bond donors (Lipinski definition) is 2. The molecule has 2 N–H and O–H groups in total. The molecule has 1 atom stereocenters. The smallest absolute Gasteiger partial charge is 0.210 e. The van der Waals surface area contributed by atoms with Crippen LogP contribution in [0, 0.1) is 13.8 Å². The number of aromatic nitrogens is 2. The van der Waals surface area contributed by atoms with Crippen LogP contribution in [0.15, 0.2) is 46.8 Å². The van der Waals surface area contributed by atoms with Crippen LogP contribution < -0.4 is 10.1 Å². The molecule has 1 heterocycles. The molecule has 0 radical (unpaired) electrons. The third-order valence-electron chi connectivity index (χ3n) is 4.36. The number of anilines is 2. The topological polar surface area (TPSA) is 84.3 Å². The van der Waals surface area contributed by atoms with Crippen LogP contribution in [0.25, 0.3) is 0 Å². The maximum Gasteiger partial charge on any atom is 0.210 e. The number of carbonyl (C=O) groups excluding carboxylic acids is 1. The number of benzene rings is 2. The summed E-state index contributed by atoms with van der Waals surface area (Å²) < 4.78 is 6.36. The number of ether oxygens (including phenoxy) is 1. The second kappa shape index (κ2) is 9.87. The molecular weight excluding hydrogens is 406 g/mol. The Kier molecular flexibility index (Phi) is 7.24. The van der Waals surface area contributed by atoms with Crippen molar-refractivity contribution in [1.29, 1.82) is 0 Å². The average Bonchev–Trinajstić information content (AvgIpc) is 3.16. The van der Waals surface area contributed by atoms with Crippen LogP contribution in [0.1, 0.15) is 28.4 Å². The van der Waals surface area contributed by atoms with E-state index in [-0.39, 0.29) is 12.4 Å². The highest BCUT2D eigenvalue weighted by Gasteiger charge is 2.11. The van der Waals surface area contributed by atoms with E-state index in [0.717, 1.165) is 15.2 Å². The molecule has 0 bridgehead atoms. The second-order valence-electron chi connectivity index (χ2n) is 6.60. The molecule has 0 saturated heterocycles. The number of aryl methyl sites for hydroxylation is 1. The lowest BCUT2D eigenvalue weighted by Crippen LogP contribution is -2.20. The van der Waals surface area contributed by atoms with E-state index in [9.17, 15) is 9.90 Å². The van der Waals surface area contributed by atoms with Gasteiger partial charge in [-0.05, 0) is 62.2 Å². The normalized spacial score (nSPS) is 11.9. The fourth-order valence-electron chi connectivity index (χ4n) is 2.51. The summed E-state index contributed by atoms with van der Waals surface area (Å²) in [6.07, 6.45) is -0.646. The number of carbonyl (C=O) groups is 1. The average molecular weight is 430 g/mol. The number of nitrogens with one attached hydrogen (secondary N) is 1. The lowest BCUT2D eigenvalue weighted by atomic mass is 10.1. The molecule has 6 nitrogen and oxygen atoms in total. The molecule has 0 aliphatic rings. The van der Waals surface area contributed by atoms with Crippen molar-refractivity contribution in [3.05, 3.63) is 59.2 Å². The van der Waals surface area contributed by atoms with E-state index >= 15 is 0 Å². The van der Waals surface area contributed by atoms with Crippen molar-refractivity contribution in [2.45, 2.75) is 31.2 Å². The fraction of sp³-hybridized carbons (Fsp3) is 0.286. The van der Waals surface area contributed by atoms with Gasteiger partial charge in [-0.15, -0.1) is 10.2 Å². The van der Waals surface area contributed by atoms with E-state index in [4.69, 9.17) is 4.74 Å². The van der Waals surface area contributed by atoms with Gasteiger partial charge in [-0.2, -0.15) is 0 Å². The van der Waals surface area contributed by atoms with Gasteiger partial charge in [0.25, 0.3) is 0 Å². The van der Waals surface area contributed by atoms with Gasteiger partial charge < -0.3 is 15.2 Å². The van der Waals surface area contributed by atoms with Crippen molar-refractivity contribution >= 4 is 39.7 Å². The molecule has 0 aliphatic carbocycles. The summed E-state index contributed by atoms with van der Waals surface area (Å²) in [5.74, 6) is 1.08. The highest BCUT2D eigenvalue weighted by Crippen LogP contribution is 2.29. The summed E-state index contributed by atoms with van der Waals surface area (Å²) in [6.45, 7) is 5.83. The first-order valence-corrected chi connectivity index (χ1v) is 10.9. The summed E-state index contributed by atoms with van der Waals surface area (Å²) in [5, 5.41) is 22.5. The molecule has 0 unspecified atom stereocenters. The first kappa shape index (κ1) is 21.3. The predicted octanol–water partition coefficient (Wildman–Crippen LogP) is 4.63. The van der Waals surface area contributed by atoms with Crippen LogP contribution in [0.2, 0.25) is 0 Å². The first-order chi connectivity index (χ1) is 13.9. The Hall–Kier alpha value is -2.42. The van der Waals surface area contributed by atoms with E-state index in [0.29, 0.717) is 17.1 Å². The molecule has 0 spiro atoms. The summed E-state index contributed by atoms with van der Waals surface area (Å²) in [4.78, 5) is 11.3. The van der Waals surface area contributed by atoms with Crippen LogP contribution in [-0.2, 0) is 0 Å². The first-order valence-electron chi connectivity index (χ1n) is 9.14. The van der Waals surface area contributed by atoms with Crippen molar-refractivity contribution in [3.63, 3.8) is 0 Å². The van der Waals surface area contributed by atoms with Gasteiger partial charge in [-0.3, -0.25) is 4.79 Å². The Morgan fingerprint density at radius 1 is 1.21 bits per heavy atom. The van der Waals surface area contributed by atoms with E-state index in [1.807, 2.05) is 12.1 Å². The number of thioether (sulfide) groups is 1. The van der Waals surface area contributed by atoms with Crippen LogP contribution in [0.3, 0.4) is 0 Å². The molecule has 3 rings (SSSR count). The van der Waals surface area contributed by atoms with Gasteiger partial charge >= 0.3 is 0 Å². The van der Waals surface area contributed by atoms with Gasteiger partial charge in [0.15, 0.2) is 10.1 Å². The van der Waals surface area contributed by atoms with Gasteiger partial charge in [0.1, 0.15) is 12.4 Å². The molecule has 0 saturated carbocycles. The molecule has 0 fully saturated rings. The molecule has 29 heavy (non-hydrogen) atoms. The van der Waals surface area contributed by atoms with Crippen LogP contribution >= 0.6 is 23.1 Å². The number of aliphatic hydroxyl groups is 1. The number of nitrogens with zero attached hydrogens (tertiary/aromatic N) is 2. The SMILES string of the molecule is CC(=O)c1ccc(OC[C@@H](O)CSc2nnc(Nc3cccc(C)c3C)s2)cc1. The number of aliphatic hydroxyl groups excluding tert-OH is 1. The van der Waals surface area contributed by atoms with Crippen LogP contribution in [0.4, 0.5) is 10.8 Å². The minimum Gasteiger partial charge on any atom is -0.491 e. The zero-order valence-corrected chi connectivity index (χ0v) is 18.1. The van der Waals surface area contributed by atoms with Crippen LogP contribution in [-0.4, -0.2) is 39.6 Å². The van der Waals surface area contributed by atoms with E-state index < -0.39 is 6.10 Å². The Balaban J connectivity index is 1.46. The minimum atomic E-state index is -0.646. The lowest BCUT2D eigenvalue weighted by molar-refractivity contribution is 0.101. The second-order valence-corrected chi connectivity index (χ2v) is 8.85. The molecule has 8 heteroatoms. The maximum absolute atomic E-state index is 11.3. The van der Waals surface area contributed by atoms with Crippen molar-refractivity contribution in [2.24, 2.45) is 0 Å². The third-order valence-corrected chi connectivity index (χ3v) is 6.47. The number of hydrogen-bond acceptors (Lipinski definition) is 8. The van der Waals surface area contributed by atoms with Crippen molar-refractivity contribution in [3.8, 4) is 5.75 Å². The van der Waals surface area contributed by atoms with Gasteiger partial charge in [-0.1, -0.05) is 35.2 Å². The number of Topliss-reactive ketones (excluding diaryl/α,β-unsaturated/α-hetero) is 1. The number of ketones is 1. The molecule has 1 aromatic heterocycles. The summed E-state index contributed by atoms with van der Waals surface area (Å²) in [7, 11) is 0. The Labute approximate surface area is 178 Å². The molecule has 0 amide bonds. The Morgan fingerprint density at radius 2 is 1.97 bits per heavy atom. The minimum absolute atomic E-state index is 0.0106. The summed E-state index contributed by atoms with van der Waals surface area (Å²) in [6, 6.07) is 13.0. The fourth-order valence-corrected chi connectivity index (χ4v) is 4.21. The van der Waals surface area contributed by atoms with Gasteiger partial charge in [0.05, 0.1) is 6.10 Å². The quantitative estimate of drug-likeness (QED) is 0.379. The largest absolute Gasteiger partial charge is 0.491 e.